The van der Waals surface area contributed by atoms with Gasteiger partial charge >= 0.3 is 0 Å². The molecule has 132 valence electrons. The smallest absolute Gasteiger partial charge is 0.137 e. The van der Waals surface area contributed by atoms with Crippen LogP contribution in [0.5, 0.6) is 0 Å². The Morgan fingerprint density at radius 3 is 2.58 bits per heavy atom. The summed E-state index contributed by atoms with van der Waals surface area (Å²) >= 11 is 0. The van der Waals surface area contributed by atoms with Gasteiger partial charge in [-0.3, -0.25) is 0 Å². The highest BCUT2D eigenvalue weighted by molar-refractivity contribution is 5.47. The average Bonchev–Trinajstić information content (AvgIpc) is 3.25. The first kappa shape index (κ1) is 15.6. The lowest BCUT2D eigenvalue weighted by atomic mass is 9.76. The summed E-state index contributed by atoms with van der Waals surface area (Å²) in [4.78, 5) is 0. The Kier molecular flexibility index (Phi) is 3.96. The van der Waals surface area contributed by atoms with E-state index in [2.05, 4.69) is 74.7 Å². The molecule has 1 fully saturated rings. The molecule has 1 saturated carbocycles. The summed E-state index contributed by atoms with van der Waals surface area (Å²) in [6.07, 6.45) is 5.58. The van der Waals surface area contributed by atoms with E-state index in [1.165, 1.54) is 36.1 Å². The Balaban J connectivity index is 1.17. The maximum atomic E-state index is 4.36. The molecular formula is C22H24N4. The Labute approximate surface area is 154 Å². The molecule has 0 amide bonds. The van der Waals surface area contributed by atoms with Gasteiger partial charge < -0.3 is 9.88 Å². The largest absolute Gasteiger partial charge is 0.382 e. The minimum absolute atomic E-state index is 0.589. The molecule has 2 aliphatic rings. The molecule has 1 aliphatic carbocycles. The zero-order chi connectivity index (χ0) is 17.3. The van der Waals surface area contributed by atoms with Gasteiger partial charge in [0.05, 0.1) is 0 Å². The molecule has 5 rings (SSSR count). The first-order valence-corrected chi connectivity index (χ1v) is 9.66. The number of anilines is 1. The molecule has 0 spiro atoms. The lowest BCUT2D eigenvalue weighted by molar-refractivity contribution is 0.374. The molecule has 0 radical (unpaired) electrons. The van der Waals surface area contributed by atoms with Crippen LogP contribution in [-0.4, -0.2) is 20.8 Å². The van der Waals surface area contributed by atoms with Crippen molar-refractivity contribution >= 4 is 5.69 Å². The van der Waals surface area contributed by atoms with Crippen LogP contribution in [0.1, 0.15) is 48.0 Å². The molecule has 1 N–H and O–H groups in total. The second kappa shape index (κ2) is 6.60. The molecule has 3 aromatic rings. The number of hydrogen-bond acceptors (Lipinski definition) is 3. The third-order valence-electron chi connectivity index (χ3n) is 5.78. The van der Waals surface area contributed by atoms with Gasteiger partial charge in [-0.25, -0.2) is 0 Å². The molecule has 4 heteroatoms. The molecule has 4 nitrogen and oxygen atoms in total. The highest BCUT2D eigenvalue weighted by Crippen LogP contribution is 2.38. The number of nitrogens with zero attached hydrogens (tertiary/aromatic N) is 3. The predicted octanol–water partition coefficient (Wildman–Crippen LogP) is 4.17. The van der Waals surface area contributed by atoms with Crippen LogP contribution >= 0.6 is 0 Å². The first-order valence-electron chi connectivity index (χ1n) is 9.66. The fraction of sp³-hybridized carbons (Fsp3) is 0.364. The average molecular weight is 344 g/mol. The van der Waals surface area contributed by atoms with Crippen LogP contribution in [0.25, 0.3) is 0 Å². The summed E-state index contributed by atoms with van der Waals surface area (Å²) in [6, 6.07) is 20.3. The summed E-state index contributed by atoms with van der Waals surface area (Å²) in [6.45, 7) is 1.07. The van der Waals surface area contributed by atoms with Crippen molar-refractivity contribution in [3.63, 3.8) is 0 Å². The van der Waals surface area contributed by atoms with Crippen LogP contribution in [0.4, 0.5) is 5.69 Å². The van der Waals surface area contributed by atoms with Crippen LogP contribution in [0.15, 0.2) is 54.6 Å². The van der Waals surface area contributed by atoms with Gasteiger partial charge in [-0.1, -0.05) is 42.5 Å². The molecular weight excluding hydrogens is 320 g/mol. The van der Waals surface area contributed by atoms with E-state index in [4.69, 9.17) is 0 Å². The number of aromatic nitrogens is 3. The third kappa shape index (κ3) is 3.00. The van der Waals surface area contributed by atoms with Crippen LogP contribution in [-0.2, 0) is 19.4 Å². The first-order chi connectivity index (χ1) is 12.8. The van der Waals surface area contributed by atoms with E-state index in [1.54, 1.807) is 0 Å². The lowest BCUT2D eigenvalue weighted by Crippen LogP contribution is -2.33. The molecule has 0 bridgehead atoms. The van der Waals surface area contributed by atoms with Crippen molar-refractivity contribution in [3.8, 4) is 0 Å². The SMILES string of the molecule is c1ccc(C2CC(Nc3ccc(Cc4nnc5n4CCC5)cc3)C2)cc1. The summed E-state index contributed by atoms with van der Waals surface area (Å²) in [5, 5.41) is 12.3. The summed E-state index contributed by atoms with van der Waals surface area (Å²) in [5.41, 5.74) is 3.99. The zero-order valence-electron chi connectivity index (χ0n) is 14.9. The number of aryl methyl sites for hydroxylation is 1. The Morgan fingerprint density at radius 1 is 0.962 bits per heavy atom. The van der Waals surface area contributed by atoms with Crippen molar-refractivity contribution < 1.29 is 0 Å². The van der Waals surface area contributed by atoms with E-state index in [1.807, 2.05) is 0 Å². The zero-order valence-corrected chi connectivity index (χ0v) is 14.9. The maximum Gasteiger partial charge on any atom is 0.137 e. The Bertz CT molecular complexity index is 876. The van der Waals surface area contributed by atoms with E-state index in [0.717, 1.165) is 31.0 Å². The van der Waals surface area contributed by atoms with Gasteiger partial charge in [0, 0.05) is 31.1 Å². The van der Waals surface area contributed by atoms with Crippen LogP contribution < -0.4 is 5.32 Å². The summed E-state index contributed by atoms with van der Waals surface area (Å²) in [5.74, 6) is 2.96. The van der Waals surface area contributed by atoms with Crippen molar-refractivity contribution in [3.05, 3.63) is 77.4 Å². The molecule has 1 aliphatic heterocycles. The molecule has 1 aromatic heterocycles. The molecule has 0 unspecified atom stereocenters. The monoisotopic (exact) mass is 344 g/mol. The van der Waals surface area contributed by atoms with Crippen molar-refractivity contribution in [2.75, 3.05) is 5.32 Å². The number of rotatable bonds is 5. The van der Waals surface area contributed by atoms with E-state index in [0.29, 0.717) is 12.0 Å². The third-order valence-corrected chi connectivity index (χ3v) is 5.78. The highest BCUT2D eigenvalue weighted by atomic mass is 15.3. The number of benzene rings is 2. The van der Waals surface area contributed by atoms with E-state index in [9.17, 15) is 0 Å². The van der Waals surface area contributed by atoms with E-state index >= 15 is 0 Å². The normalized spacial score (nSPS) is 21.2. The van der Waals surface area contributed by atoms with Gasteiger partial charge in [0.15, 0.2) is 0 Å². The van der Waals surface area contributed by atoms with Crippen molar-refractivity contribution in [2.24, 2.45) is 0 Å². The molecule has 2 aromatic carbocycles. The van der Waals surface area contributed by atoms with Crippen LogP contribution in [0, 0.1) is 0 Å². The van der Waals surface area contributed by atoms with Crippen molar-refractivity contribution in [2.45, 2.75) is 50.6 Å². The second-order valence-electron chi connectivity index (χ2n) is 7.58. The van der Waals surface area contributed by atoms with Gasteiger partial charge in [-0.15, -0.1) is 10.2 Å². The topological polar surface area (TPSA) is 42.7 Å². The van der Waals surface area contributed by atoms with Gasteiger partial charge in [-0.2, -0.15) is 0 Å². The van der Waals surface area contributed by atoms with Gasteiger partial charge in [0.25, 0.3) is 0 Å². The summed E-state index contributed by atoms with van der Waals surface area (Å²) in [7, 11) is 0. The molecule has 2 heterocycles. The minimum Gasteiger partial charge on any atom is -0.382 e. The Morgan fingerprint density at radius 2 is 1.77 bits per heavy atom. The fourth-order valence-corrected chi connectivity index (χ4v) is 4.21. The number of nitrogens with one attached hydrogen (secondary N) is 1. The summed E-state index contributed by atoms with van der Waals surface area (Å²) < 4.78 is 2.28. The second-order valence-corrected chi connectivity index (χ2v) is 7.58. The van der Waals surface area contributed by atoms with Gasteiger partial charge in [0.2, 0.25) is 0 Å². The number of hydrogen-bond donors (Lipinski definition) is 1. The van der Waals surface area contributed by atoms with Gasteiger partial charge in [0.1, 0.15) is 11.6 Å². The van der Waals surface area contributed by atoms with E-state index < -0.39 is 0 Å². The number of fused-ring (bicyclic) bond motifs is 1. The lowest BCUT2D eigenvalue weighted by Gasteiger charge is -2.37. The molecule has 0 saturated heterocycles. The molecule has 0 atom stereocenters. The van der Waals surface area contributed by atoms with Crippen molar-refractivity contribution in [1.29, 1.82) is 0 Å². The molecule has 26 heavy (non-hydrogen) atoms. The quantitative estimate of drug-likeness (QED) is 0.755. The highest BCUT2D eigenvalue weighted by Gasteiger charge is 2.29. The minimum atomic E-state index is 0.589. The van der Waals surface area contributed by atoms with E-state index in [-0.39, 0.29) is 0 Å². The predicted molar refractivity (Wildman–Crippen MR) is 103 cm³/mol. The maximum absolute atomic E-state index is 4.36. The standard InChI is InChI=1S/C22H24N4/c1-2-5-17(6-3-1)18-14-20(15-18)23-19-10-8-16(9-11-19)13-22-25-24-21-7-4-12-26(21)22/h1-3,5-6,8-11,18,20,23H,4,7,12-15H2. The van der Waals surface area contributed by atoms with Crippen LogP contribution in [0.2, 0.25) is 0 Å². The fourth-order valence-electron chi connectivity index (χ4n) is 4.21. The van der Waals surface area contributed by atoms with Gasteiger partial charge in [-0.05, 0) is 48.4 Å². The van der Waals surface area contributed by atoms with Crippen molar-refractivity contribution in [1.82, 2.24) is 14.8 Å². The van der Waals surface area contributed by atoms with Crippen LogP contribution in [0.3, 0.4) is 0 Å². The Hall–Kier alpha value is -2.62.